The lowest BCUT2D eigenvalue weighted by atomic mass is 10.0. The lowest BCUT2D eigenvalue weighted by Gasteiger charge is -2.19. The van der Waals surface area contributed by atoms with Crippen LogP contribution in [0.3, 0.4) is 0 Å². The first kappa shape index (κ1) is 21.0. The second kappa shape index (κ2) is 10.2. The lowest BCUT2D eigenvalue weighted by Crippen LogP contribution is -2.45. The number of hydrogen-bond donors (Lipinski definition) is 4. The Morgan fingerprint density at radius 3 is 2.46 bits per heavy atom. The van der Waals surface area contributed by atoms with Gasteiger partial charge in [0, 0.05) is 5.02 Å². The Hall–Kier alpha value is -3.26. The summed E-state index contributed by atoms with van der Waals surface area (Å²) in [7, 11) is 0. The zero-order chi connectivity index (χ0) is 20.5. The van der Waals surface area contributed by atoms with Crippen molar-refractivity contribution < 1.29 is 19.1 Å². The topological polar surface area (TPSA) is 123 Å². The van der Waals surface area contributed by atoms with Crippen molar-refractivity contribution in [2.45, 2.75) is 19.4 Å². The van der Waals surface area contributed by atoms with E-state index in [1.807, 2.05) is 19.1 Å². The summed E-state index contributed by atoms with van der Waals surface area (Å²) in [5, 5.41) is 2.84. The number of hydrogen-bond acceptors (Lipinski definition) is 4. The van der Waals surface area contributed by atoms with E-state index in [1.54, 1.807) is 36.4 Å². The van der Waals surface area contributed by atoms with E-state index in [-0.39, 0.29) is 13.0 Å². The molecule has 0 aromatic heterocycles. The molecular weight excluding hydrogens is 384 g/mol. The van der Waals surface area contributed by atoms with Crippen molar-refractivity contribution in [3.05, 3.63) is 64.7 Å². The van der Waals surface area contributed by atoms with Crippen LogP contribution in [0.15, 0.2) is 48.5 Å². The molecule has 2 rings (SSSR count). The second-order valence-electron chi connectivity index (χ2n) is 5.99. The van der Waals surface area contributed by atoms with Crippen LogP contribution in [0.1, 0.15) is 23.6 Å². The van der Waals surface area contributed by atoms with E-state index in [0.717, 1.165) is 5.56 Å². The minimum Gasteiger partial charge on any atom is -0.484 e. The van der Waals surface area contributed by atoms with Gasteiger partial charge in [0.2, 0.25) is 5.91 Å². The lowest BCUT2D eigenvalue weighted by molar-refractivity contribution is -0.130. The maximum atomic E-state index is 12.1. The van der Waals surface area contributed by atoms with E-state index in [4.69, 9.17) is 22.1 Å². The fourth-order valence-corrected chi connectivity index (χ4v) is 2.70. The molecule has 0 radical (unpaired) electrons. The number of halogens is 1. The third kappa shape index (κ3) is 6.81. The molecule has 9 heteroatoms. The van der Waals surface area contributed by atoms with Crippen molar-refractivity contribution >= 4 is 29.4 Å². The maximum absolute atomic E-state index is 12.1. The zero-order valence-corrected chi connectivity index (χ0v) is 16.0. The van der Waals surface area contributed by atoms with Crippen LogP contribution in [0.4, 0.5) is 4.79 Å². The summed E-state index contributed by atoms with van der Waals surface area (Å²) in [6.07, 6.45) is -0.175. The largest absolute Gasteiger partial charge is 0.484 e. The Morgan fingerprint density at radius 1 is 1.07 bits per heavy atom. The molecule has 0 saturated heterocycles. The van der Waals surface area contributed by atoms with Crippen LogP contribution in [0.5, 0.6) is 5.75 Å². The molecule has 0 bridgehead atoms. The molecule has 28 heavy (non-hydrogen) atoms. The number of amides is 4. The number of ether oxygens (including phenoxy) is 1. The molecule has 2 aromatic rings. The summed E-state index contributed by atoms with van der Waals surface area (Å²) in [5.41, 5.74) is 11.2. The Labute approximate surface area is 167 Å². The van der Waals surface area contributed by atoms with Gasteiger partial charge in [-0.25, -0.2) is 4.79 Å². The zero-order valence-electron chi connectivity index (χ0n) is 15.2. The molecule has 5 N–H and O–H groups in total. The minimum atomic E-state index is -0.798. The first-order valence-corrected chi connectivity index (χ1v) is 8.80. The number of primary amides is 1. The highest BCUT2D eigenvalue weighted by Crippen LogP contribution is 2.24. The van der Waals surface area contributed by atoms with Crippen molar-refractivity contribution in [2.75, 3.05) is 6.61 Å². The molecule has 0 saturated carbocycles. The van der Waals surface area contributed by atoms with Crippen LogP contribution in [0, 0.1) is 6.92 Å². The van der Waals surface area contributed by atoms with Gasteiger partial charge in [-0.3, -0.25) is 20.4 Å². The van der Waals surface area contributed by atoms with Gasteiger partial charge in [-0.1, -0.05) is 41.9 Å². The average molecular weight is 405 g/mol. The number of aryl methyl sites for hydroxylation is 1. The van der Waals surface area contributed by atoms with Crippen molar-refractivity contribution in [1.82, 2.24) is 16.2 Å². The number of rotatable bonds is 7. The fourth-order valence-electron chi connectivity index (χ4n) is 2.43. The molecule has 0 aliphatic carbocycles. The van der Waals surface area contributed by atoms with Crippen LogP contribution in [0.2, 0.25) is 5.02 Å². The maximum Gasteiger partial charge on any atom is 0.312 e. The van der Waals surface area contributed by atoms with E-state index in [2.05, 4.69) is 16.2 Å². The Bertz CT molecular complexity index is 859. The average Bonchev–Trinajstić information content (AvgIpc) is 2.64. The normalized spacial score (nSPS) is 11.2. The number of nitrogens with two attached hydrogens (primary N) is 1. The molecule has 0 aliphatic rings. The molecule has 4 amide bonds. The van der Waals surface area contributed by atoms with Gasteiger partial charge >= 0.3 is 6.03 Å². The Kier molecular flexibility index (Phi) is 7.65. The van der Waals surface area contributed by atoms with Gasteiger partial charge < -0.3 is 15.8 Å². The molecule has 8 nitrogen and oxygen atoms in total. The van der Waals surface area contributed by atoms with Crippen molar-refractivity contribution in [2.24, 2.45) is 5.73 Å². The van der Waals surface area contributed by atoms with Gasteiger partial charge in [0.1, 0.15) is 5.75 Å². The molecule has 148 valence electrons. The van der Waals surface area contributed by atoms with Gasteiger partial charge in [-0.15, -0.1) is 0 Å². The van der Waals surface area contributed by atoms with Crippen molar-refractivity contribution in [3.63, 3.8) is 0 Å². The number of benzene rings is 2. The molecule has 1 unspecified atom stereocenters. The quantitative estimate of drug-likeness (QED) is 0.527. The standard InChI is InChI=1S/C19H21ClN4O4/c1-12-5-4-6-13(9-12)28-11-18(26)24-23-17(25)10-16(22-19(21)27)14-7-2-3-8-15(14)20/h2-9,16H,10-11H2,1H3,(H,23,25)(H,24,26)(H3,21,22,27). The SMILES string of the molecule is Cc1cccc(OCC(=O)NNC(=O)CC(NC(N)=O)c2ccccc2Cl)c1. The molecule has 0 heterocycles. The fraction of sp³-hybridized carbons (Fsp3) is 0.211. The van der Waals surface area contributed by atoms with Gasteiger partial charge in [-0.05, 0) is 36.2 Å². The molecule has 1 atom stereocenters. The molecule has 0 spiro atoms. The van der Waals surface area contributed by atoms with E-state index >= 15 is 0 Å². The highest BCUT2D eigenvalue weighted by molar-refractivity contribution is 6.31. The number of carbonyl (C=O) groups excluding carboxylic acids is 3. The number of urea groups is 1. The summed E-state index contributed by atoms with van der Waals surface area (Å²) < 4.78 is 5.35. The van der Waals surface area contributed by atoms with Crippen LogP contribution in [-0.2, 0) is 9.59 Å². The van der Waals surface area contributed by atoms with E-state index in [0.29, 0.717) is 16.3 Å². The summed E-state index contributed by atoms with van der Waals surface area (Å²) in [5.74, 6) is -0.527. The van der Waals surface area contributed by atoms with E-state index in [1.165, 1.54) is 0 Å². The Balaban J connectivity index is 1.85. The summed E-state index contributed by atoms with van der Waals surface area (Å²) in [6.45, 7) is 1.64. The Morgan fingerprint density at radius 2 is 1.79 bits per heavy atom. The van der Waals surface area contributed by atoms with Crippen molar-refractivity contribution in [1.29, 1.82) is 0 Å². The highest BCUT2D eigenvalue weighted by atomic mass is 35.5. The first-order chi connectivity index (χ1) is 13.3. The van der Waals surface area contributed by atoms with Crippen LogP contribution < -0.4 is 26.6 Å². The van der Waals surface area contributed by atoms with E-state index < -0.39 is 23.9 Å². The summed E-state index contributed by atoms with van der Waals surface area (Å²) in [4.78, 5) is 35.2. The van der Waals surface area contributed by atoms with Gasteiger partial charge in [-0.2, -0.15) is 0 Å². The van der Waals surface area contributed by atoms with E-state index in [9.17, 15) is 14.4 Å². The number of hydrazine groups is 1. The van der Waals surface area contributed by atoms with Crippen molar-refractivity contribution in [3.8, 4) is 5.75 Å². The van der Waals surface area contributed by atoms with Crippen LogP contribution in [0.25, 0.3) is 0 Å². The predicted octanol–water partition coefficient (Wildman–Crippen LogP) is 1.97. The van der Waals surface area contributed by atoms with Crippen LogP contribution in [-0.4, -0.2) is 24.5 Å². The summed E-state index contributed by atoms with van der Waals surface area (Å²) >= 11 is 6.11. The highest BCUT2D eigenvalue weighted by Gasteiger charge is 2.20. The smallest absolute Gasteiger partial charge is 0.312 e. The molecular formula is C19H21ClN4O4. The van der Waals surface area contributed by atoms with Gasteiger partial charge in [0.25, 0.3) is 5.91 Å². The monoisotopic (exact) mass is 404 g/mol. The molecule has 2 aromatic carbocycles. The van der Waals surface area contributed by atoms with Crippen LogP contribution >= 0.6 is 11.6 Å². The number of carbonyl (C=O) groups is 3. The molecule has 0 fully saturated rings. The predicted molar refractivity (Wildman–Crippen MR) is 104 cm³/mol. The third-order valence-corrected chi connectivity index (χ3v) is 4.03. The van der Waals surface area contributed by atoms with Gasteiger partial charge in [0.15, 0.2) is 6.61 Å². The third-order valence-electron chi connectivity index (χ3n) is 3.69. The summed E-state index contributed by atoms with van der Waals surface area (Å²) in [6, 6.07) is 12.4. The first-order valence-electron chi connectivity index (χ1n) is 8.42. The minimum absolute atomic E-state index is 0.175. The second-order valence-corrected chi connectivity index (χ2v) is 6.40. The molecule has 0 aliphatic heterocycles. The number of nitrogens with one attached hydrogen (secondary N) is 3. The van der Waals surface area contributed by atoms with Gasteiger partial charge in [0.05, 0.1) is 12.5 Å².